The molecule has 19 heavy (non-hydrogen) atoms. The van der Waals surface area contributed by atoms with Gasteiger partial charge in [0.25, 0.3) is 0 Å². The van der Waals surface area contributed by atoms with Crippen molar-refractivity contribution < 1.29 is 13.7 Å². The van der Waals surface area contributed by atoms with E-state index in [4.69, 9.17) is 0 Å². The van der Waals surface area contributed by atoms with Crippen molar-refractivity contribution in [1.82, 2.24) is 20.4 Å². The molecule has 1 unspecified atom stereocenters. The van der Waals surface area contributed by atoms with Gasteiger partial charge in [0.15, 0.2) is 5.82 Å². The molecule has 2 aromatic rings. The third-order valence-electron chi connectivity index (χ3n) is 2.40. The summed E-state index contributed by atoms with van der Waals surface area (Å²) >= 11 is 3.22. The Bertz CT molecular complexity index is 576. The highest BCUT2D eigenvalue weighted by molar-refractivity contribution is 9.10. The first-order valence-corrected chi connectivity index (χ1v) is 6.21. The van der Waals surface area contributed by atoms with Crippen LogP contribution in [0.3, 0.4) is 0 Å². The molecule has 0 bridgehead atoms. The number of carbonyl (C=O) groups excluding carboxylic acids is 1. The lowest BCUT2D eigenvalue weighted by Crippen LogP contribution is -2.28. The molecule has 2 rings (SSSR count). The van der Waals surface area contributed by atoms with Gasteiger partial charge in [-0.3, -0.25) is 4.79 Å². The molecule has 0 spiro atoms. The summed E-state index contributed by atoms with van der Waals surface area (Å²) in [4.78, 5) is 19.1. The number of nitrogens with one attached hydrogen (secondary N) is 1. The minimum atomic E-state index is -0.628. The lowest BCUT2D eigenvalue weighted by Gasteiger charge is -2.10. The molecule has 8 heteroatoms. The van der Waals surface area contributed by atoms with Gasteiger partial charge in [0.1, 0.15) is 0 Å². The Morgan fingerprint density at radius 1 is 1.58 bits per heavy atom. The Morgan fingerprint density at radius 2 is 2.37 bits per heavy atom. The first kappa shape index (κ1) is 13.6. The van der Waals surface area contributed by atoms with Gasteiger partial charge in [-0.1, -0.05) is 5.16 Å². The highest BCUT2D eigenvalue weighted by atomic mass is 79.9. The minimum absolute atomic E-state index is 0.0300. The van der Waals surface area contributed by atoms with Crippen LogP contribution in [-0.2, 0) is 11.2 Å². The zero-order valence-electron chi connectivity index (χ0n) is 9.93. The largest absolute Gasteiger partial charge is 0.346 e. The van der Waals surface area contributed by atoms with Crippen molar-refractivity contribution in [3.63, 3.8) is 0 Å². The summed E-state index contributed by atoms with van der Waals surface area (Å²) in [7, 11) is 0. The number of nitrogens with zero attached hydrogens (tertiary/aromatic N) is 3. The smallest absolute Gasteiger partial charge is 0.225 e. The molecule has 0 aromatic carbocycles. The van der Waals surface area contributed by atoms with Gasteiger partial charge in [0.2, 0.25) is 18.2 Å². The van der Waals surface area contributed by atoms with Gasteiger partial charge in [-0.25, -0.2) is 4.98 Å². The number of hydrogen-bond acceptors (Lipinski definition) is 5. The topological polar surface area (TPSA) is 80.9 Å². The van der Waals surface area contributed by atoms with Gasteiger partial charge in [-0.15, -0.1) is 0 Å². The zero-order valence-corrected chi connectivity index (χ0v) is 11.5. The summed E-state index contributed by atoms with van der Waals surface area (Å²) in [6.07, 6.45) is 2.54. The molecule has 0 saturated heterocycles. The van der Waals surface area contributed by atoms with Crippen molar-refractivity contribution in [3.05, 3.63) is 40.5 Å². The Balaban J connectivity index is 1.99. The summed E-state index contributed by atoms with van der Waals surface area (Å²) in [5.74, 6) is -0.519. The van der Waals surface area contributed by atoms with E-state index in [0.29, 0.717) is 15.9 Å². The van der Waals surface area contributed by atoms with Crippen molar-refractivity contribution in [2.24, 2.45) is 0 Å². The van der Waals surface area contributed by atoms with Crippen LogP contribution in [0.15, 0.2) is 27.7 Å². The zero-order chi connectivity index (χ0) is 13.8. The van der Waals surface area contributed by atoms with E-state index in [-0.39, 0.29) is 18.4 Å². The van der Waals surface area contributed by atoms with Crippen LogP contribution in [0.5, 0.6) is 0 Å². The highest BCUT2D eigenvalue weighted by Gasteiger charge is 2.15. The fourth-order valence-corrected chi connectivity index (χ4v) is 1.84. The Hall–Kier alpha value is -1.83. The number of rotatable bonds is 4. The summed E-state index contributed by atoms with van der Waals surface area (Å²) in [6.45, 7) is 1.73. The van der Waals surface area contributed by atoms with Crippen molar-refractivity contribution >= 4 is 21.8 Å². The van der Waals surface area contributed by atoms with E-state index < -0.39 is 5.95 Å². The standard InChI is InChI=1S/C11H10BrFN4O2/c1-6(11-15-5-19-17-11)16-10(18)3-7-2-9(13)14-4-8(7)12/h2,4-6H,3H2,1H3,(H,16,18). The minimum Gasteiger partial charge on any atom is -0.346 e. The fourth-order valence-electron chi connectivity index (χ4n) is 1.49. The molecule has 100 valence electrons. The van der Waals surface area contributed by atoms with Crippen molar-refractivity contribution in [2.75, 3.05) is 0 Å². The molecule has 0 radical (unpaired) electrons. The lowest BCUT2D eigenvalue weighted by molar-refractivity contribution is -0.121. The summed E-state index contributed by atoms with van der Waals surface area (Å²) in [5, 5.41) is 6.32. The van der Waals surface area contributed by atoms with E-state index in [9.17, 15) is 9.18 Å². The molecule has 0 aliphatic rings. The van der Waals surface area contributed by atoms with Crippen LogP contribution < -0.4 is 5.32 Å². The second-order valence-electron chi connectivity index (χ2n) is 3.85. The van der Waals surface area contributed by atoms with Crippen molar-refractivity contribution in [2.45, 2.75) is 19.4 Å². The highest BCUT2D eigenvalue weighted by Crippen LogP contribution is 2.17. The Morgan fingerprint density at radius 3 is 3.05 bits per heavy atom. The van der Waals surface area contributed by atoms with E-state index in [1.807, 2.05) is 0 Å². The molecule has 1 N–H and O–H groups in total. The number of halogens is 2. The number of amides is 1. The quantitative estimate of drug-likeness (QED) is 0.865. The number of pyridine rings is 1. The van der Waals surface area contributed by atoms with Crippen LogP contribution in [0.4, 0.5) is 4.39 Å². The van der Waals surface area contributed by atoms with Gasteiger partial charge < -0.3 is 9.84 Å². The second kappa shape index (κ2) is 5.87. The molecule has 0 aliphatic carbocycles. The maximum Gasteiger partial charge on any atom is 0.225 e. The van der Waals surface area contributed by atoms with Gasteiger partial charge >= 0.3 is 0 Å². The van der Waals surface area contributed by atoms with Crippen molar-refractivity contribution in [3.8, 4) is 0 Å². The lowest BCUT2D eigenvalue weighted by atomic mass is 10.2. The van der Waals surface area contributed by atoms with Crippen LogP contribution >= 0.6 is 15.9 Å². The fraction of sp³-hybridized carbons (Fsp3) is 0.273. The molecule has 1 amide bonds. The summed E-state index contributed by atoms with van der Waals surface area (Å²) in [5.41, 5.74) is 0.519. The summed E-state index contributed by atoms with van der Waals surface area (Å²) < 4.78 is 18.2. The van der Waals surface area contributed by atoms with Crippen LogP contribution in [0.2, 0.25) is 0 Å². The van der Waals surface area contributed by atoms with Gasteiger partial charge in [0.05, 0.1) is 12.5 Å². The molecule has 2 aromatic heterocycles. The van der Waals surface area contributed by atoms with E-state index in [0.717, 1.165) is 0 Å². The van der Waals surface area contributed by atoms with Crippen LogP contribution in [0.1, 0.15) is 24.4 Å². The average Bonchev–Trinajstić information content (AvgIpc) is 2.87. The molecule has 0 aliphatic heterocycles. The monoisotopic (exact) mass is 328 g/mol. The van der Waals surface area contributed by atoms with Gasteiger partial charge in [0, 0.05) is 10.7 Å². The molecule has 0 fully saturated rings. The van der Waals surface area contributed by atoms with Crippen LogP contribution in [-0.4, -0.2) is 21.0 Å². The molecule has 2 heterocycles. The maximum atomic E-state index is 13.0. The predicted octanol–water partition coefficient (Wildman–Crippen LogP) is 1.79. The first-order valence-electron chi connectivity index (χ1n) is 5.42. The van der Waals surface area contributed by atoms with E-state index in [1.165, 1.54) is 18.7 Å². The molecule has 0 saturated carbocycles. The van der Waals surface area contributed by atoms with Gasteiger partial charge in [-0.2, -0.15) is 9.37 Å². The van der Waals surface area contributed by atoms with Crippen LogP contribution in [0.25, 0.3) is 0 Å². The first-order chi connectivity index (χ1) is 9.06. The third kappa shape index (κ3) is 3.57. The van der Waals surface area contributed by atoms with Crippen LogP contribution in [0, 0.1) is 5.95 Å². The number of carbonyl (C=O) groups is 1. The SMILES string of the molecule is CC(NC(=O)Cc1cc(F)ncc1Br)c1ncon1. The second-order valence-corrected chi connectivity index (χ2v) is 4.71. The molecule has 1 atom stereocenters. The molecule has 6 nitrogen and oxygen atoms in total. The third-order valence-corrected chi connectivity index (χ3v) is 3.11. The predicted molar refractivity (Wildman–Crippen MR) is 66.5 cm³/mol. The Kier molecular flexibility index (Phi) is 4.20. The number of aromatic nitrogens is 3. The van der Waals surface area contributed by atoms with Crippen molar-refractivity contribution in [1.29, 1.82) is 0 Å². The summed E-state index contributed by atoms with van der Waals surface area (Å²) in [6, 6.07) is 0.833. The number of hydrogen-bond donors (Lipinski definition) is 1. The molecular formula is C11H10BrFN4O2. The maximum absolute atomic E-state index is 13.0. The van der Waals surface area contributed by atoms with E-state index in [2.05, 4.69) is 40.9 Å². The Labute approximate surface area is 116 Å². The average molecular weight is 329 g/mol. The van der Waals surface area contributed by atoms with E-state index >= 15 is 0 Å². The molecular weight excluding hydrogens is 319 g/mol. The normalized spacial score (nSPS) is 12.2. The van der Waals surface area contributed by atoms with Gasteiger partial charge in [-0.05, 0) is 34.5 Å². The van der Waals surface area contributed by atoms with E-state index in [1.54, 1.807) is 6.92 Å².